The molecule has 0 spiro atoms. The summed E-state index contributed by atoms with van der Waals surface area (Å²) in [6.45, 7) is -0.566. The smallest absolute Gasteiger partial charge is 0.338 e. The molecule has 0 aliphatic carbocycles. The molecule has 0 radical (unpaired) electrons. The van der Waals surface area contributed by atoms with Gasteiger partial charge in [-0.1, -0.05) is 17.7 Å². The molecule has 28 heavy (non-hydrogen) atoms. The summed E-state index contributed by atoms with van der Waals surface area (Å²) in [5, 5.41) is 0.214. The van der Waals surface area contributed by atoms with Gasteiger partial charge in [-0.25, -0.2) is 9.18 Å². The Morgan fingerprint density at radius 1 is 1.18 bits per heavy atom. The highest BCUT2D eigenvalue weighted by Gasteiger charge is 2.19. The maximum atomic E-state index is 13.8. The van der Waals surface area contributed by atoms with Crippen LogP contribution in [0.2, 0.25) is 5.02 Å². The van der Waals surface area contributed by atoms with Crippen molar-refractivity contribution >= 4 is 39.4 Å². The van der Waals surface area contributed by atoms with Gasteiger partial charge in [0.05, 0.1) is 19.8 Å². The number of hydrogen-bond donors (Lipinski definition) is 0. The summed E-state index contributed by atoms with van der Waals surface area (Å²) in [4.78, 5) is 25.7. The summed E-state index contributed by atoms with van der Waals surface area (Å²) in [7, 11) is 4.35. The molecule has 2 aromatic rings. The first kappa shape index (κ1) is 22.0. The van der Waals surface area contributed by atoms with Crippen molar-refractivity contribution in [3.05, 3.63) is 56.8 Å². The number of carbonyl (C=O) groups is 2. The first-order valence-electron chi connectivity index (χ1n) is 8.04. The first-order chi connectivity index (χ1) is 13.3. The van der Waals surface area contributed by atoms with E-state index in [0.29, 0.717) is 16.0 Å². The van der Waals surface area contributed by atoms with Crippen LogP contribution in [0.15, 0.2) is 34.8 Å². The van der Waals surface area contributed by atoms with E-state index < -0.39 is 24.3 Å². The van der Waals surface area contributed by atoms with Crippen LogP contribution < -0.4 is 9.47 Å². The molecule has 2 rings (SSSR count). The molecular weight excluding hydrogens is 457 g/mol. The van der Waals surface area contributed by atoms with Crippen LogP contribution in [0.5, 0.6) is 11.5 Å². The quantitative estimate of drug-likeness (QED) is 0.566. The second-order valence-corrected chi connectivity index (χ2v) is 6.92. The van der Waals surface area contributed by atoms with Crippen molar-refractivity contribution in [2.75, 3.05) is 27.9 Å². The van der Waals surface area contributed by atoms with E-state index in [4.69, 9.17) is 25.8 Å². The number of carbonyl (C=O) groups excluding carboxylic acids is 2. The Morgan fingerprint density at radius 2 is 1.79 bits per heavy atom. The number of nitrogens with zero attached hydrogens (tertiary/aromatic N) is 1. The lowest BCUT2D eigenvalue weighted by molar-refractivity contribution is -0.133. The van der Waals surface area contributed by atoms with E-state index in [9.17, 15) is 14.0 Å². The number of ether oxygens (including phenoxy) is 3. The molecule has 0 aromatic heterocycles. The number of hydrogen-bond acceptors (Lipinski definition) is 5. The summed E-state index contributed by atoms with van der Waals surface area (Å²) in [6, 6.07) is 7.19. The zero-order valence-electron chi connectivity index (χ0n) is 15.4. The van der Waals surface area contributed by atoms with Gasteiger partial charge in [-0.2, -0.15) is 0 Å². The minimum absolute atomic E-state index is 0.0538. The number of rotatable bonds is 7. The maximum absolute atomic E-state index is 13.8. The van der Waals surface area contributed by atoms with Crippen molar-refractivity contribution < 1.29 is 28.2 Å². The number of methoxy groups -OCH3 is 2. The number of amides is 1. The summed E-state index contributed by atoms with van der Waals surface area (Å²) in [5.74, 6) is -0.996. The molecule has 0 N–H and O–H groups in total. The maximum Gasteiger partial charge on any atom is 0.338 e. The van der Waals surface area contributed by atoms with E-state index >= 15 is 0 Å². The van der Waals surface area contributed by atoms with Crippen LogP contribution >= 0.6 is 27.5 Å². The van der Waals surface area contributed by atoms with Crippen LogP contribution in [-0.2, 0) is 16.1 Å². The highest BCUT2D eigenvalue weighted by atomic mass is 79.9. The molecule has 0 bridgehead atoms. The lowest BCUT2D eigenvalue weighted by Crippen LogP contribution is -2.31. The second kappa shape index (κ2) is 9.75. The Hall–Kier alpha value is -2.32. The molecular formula is C19H18BrClFNO5. The summed E-state index contributed by atoms with van der Waals surface area (Å²) >= 11 is 9.27. The third kappa shape index (κ3) is 5.14. The van der Waals surface area contributed by atoms with Gasteiger partial charge in [-0.05, 0) is 40.2 Å². The lowest BCUT2D eigenvalue weighted by Gasteiger charge is -2.18. The van der Waals surface area contributed by atoms with Crippen LogP contribution in [0.3, 0.4) is 0 Å². The molecule has 0 fully saturated rings. The monoisotopic (exact) mass is 473 g/mol. The minimum atomic E-state index is -0.727. The molecule has 1 amide bonds. The molecule has 0 saturated heterocycles. The van der Waals surface area contributed by atoms with Crippen molar-refractivity contribution in [1.29, 1.82) is 0 Å². The Morgan fingerprint density at radius 3 is 2.32 bits per heavy atom. The molecule has 0 unspecified atom stereocenters. The van der Waals surface area contributed by atoms with Crippen molar-refractivity contribution in [2.45, 2.75) is 6.54 Å². The summed E-state index contributed by atoms with van der Waals surface area (Å²) < 4.78 is 29.8. The normalized spacial score (nSPS) is 10.4. The van der Waals surface area contributed by atoms with Gasteiger partial charge in [0.1, 0.15) is 21.8 Å². The SMILES string of the molecule is COc1cc(C(=O)OCC(=O)N(C)Cc2c(F)cccc2Cl)cc(OC)c1Br. The van der Waals surface area contributed by atoms with Gasteiger partial charge in [-0.15, -0.1) is 0 Å². The average Bonchev–Trinajstić information content (AvgIpc) is 2.68. The van der Waals surface area contributed by atoms with Crippen LogP contribution in [0, 0.1) is 5.82 Å². The molecule has 0 aliphatic rings. The molecule has 150 valence electrons. The van der Waals surface area contributed by atoms with Crippen LogP contribution in [0.1, 0.15) is 15.9 Å². The second-order valence-electron chi connectivity index (χ2n) is 5.72. The zero-order valence-corrected chi connectivity index (χ0v) is 17.8. The number of halogens is 3. The van der Waals surface area contributed by atoms with E-state index in [1.165, 1.54) is 56.5 Å². The molecule has 0 atom stereocenters. The van der Waals surface area contributed by atoms with Gasteiger partial charge in [-0.3, -0.25) is 4.79 Å². The number of esters is 1. The largest absolute Gasteiger partial charge is 0.495 e. The summed E-state index contributed by atoms with van der Waals surface area (Å²) in [6.07, 6.45) is 0. The van der Waals surface area contributed by atoms with Crippen LogP contribution in [0.4, 0.5) is 4.39 Å². The fourth-order valence-corrected chi connectivity index (χ4v) is 3.09. The van der Waals surface area contributed by atoms with E-state index in [-0.39, 0.29) is 22.7 Å². The van der Waals surface area contributed by atoms with Gasteiger partial charge >= 0.3 is 5.97 Å². The predicted octanol–water partition coefficient (Wildman–Crippen LogP) is 4.07. The van der Waals surface area contributed by atoms with E-state index in [1.807, 2.05) is 0 Å². The zero-order chi connectivity index (χ0) is 20.8. The third-order valence-electron chi connectivity index (χ3n) is 3.89. The number of likely N-dealkylation sites (N-methyl/N-ethyl adjacent to an activating group) is 1. The van der Waals surface area contributed by atoms with Crippen LogP contribution in [0.25, 0.3) is 0 Å². The fourth-order valence-electron chi connectivity index (χ4n) is 2.32. The van der Waals surface area contributed by atoms with Crippen molar-refractivity contribution in [3.63, 3.8) is 0 Å². The number of benzene rings is 2. The Bertz CT molecular complexity index is 847. The average molecular weight is 475 g/mol. The Labute approximate surface area is 175 Å². The van der Waals surface area contributed by atoms with Gasteiger partial charge in [0.2, 0.25) is 0 Å². The van der Waals surface area contributed by atoms with Crippen molar-refractivity contribution in [1.82, 2.24) is 4.90 Å². The fraction of sp³-hybridized carbons (Fsp3) is 0.263. The van der Waals surface area contributed by atoms with E-state index in [0.717, 1.165) is 0 Å². The molecule has 0 aliphatic heterocycles. The Kier molecular flexibility index (Phi) is 7.65. The van der Waals surface area contributed by atoms with E-state index in [2.05, 4.69) is 15.9 Å². The van der Waals surface area contributed by atoms with Gasteiger partial charge < -0.3 is 19.1 Å². The van der Waals surface area contributed by atoms with Gasteiger partial charge in [0.25, 0.3) is 5.91 Å². The van der Waals surface area contributed by atoms with Gasteiger partial charge in [0, 0.05) is 24.2 Å². The molecule has 0 heterocycles. The third-order valence-corrected chi connectivity index (χ3v) is 5.03. The minimum Gasteiger partial charge on any atom is -0.495 e. The van der Waals surface area contributed by atoms with Crippen molar-refractivity contribution in [2.24, 2.45) is 0 Å². The molecule has 9 heteroatoms. The lowest BCUT2D eigenvalue weighted by atomic mass is 10.2. The summed E-state index contributed by atoms with van der Waals surface area (Å²) in [5.41, 5.74) is 0.346. The standard InChI is InChI=1S/C19H18BrClFNO5/c1-23(9-12-13(21)5-4-6-14(12)22)17(24)10-28-19(25)11-7-15(26-2)18(20)16(8-11)27-3/h4-8H,9-10H2,1-3H3. The molecule has 0 saturated carbocycles. The first-order valence-corrected chi connectivity index (χ1v) is 9.21. The predicted molar refractivity (Wildman–Crippen MR) is 105 cm³/mol. The van der Waals surface area contributed by atoms with Crippen LogP contribution in [-0.4, -0.2) is 44.7 Å². The van der Waals surface area contributed by atoms with E-state index in [1.54, 1.807) is 0 Å². The van der Waals surface area contributed by atoms with Crippen molar-refractivity contribution in [3.8, 4) is 11.5 Å². The molecule has 6 nitrogen and oxygen atoms in total. The van der Waals surface area contributed by atoms with Gasteiger partial charge in [0.15, 0.2) is 6.61 Å². The highest BCUT2D eigenvalue weighted by Crippen LogP contribution is 2.35. The molecule has 2 aromatic carbocycles. The highest BCUT2D eigenvalue weighted by molar-refractivity contribution is 9.10. The topological polar surface area (TPSA) is 65.1 Å². The Balaban J connectivity index is 2.03.